The number of oxazole rings is 1. The van der Waals surface area contributed by atoms with E-state index < -0.39 is 0 Å². The molecule has 2 aromatic carbocycles. The van der Waals surface area contributed by atoms with Crippen molar-refractivity contribution < 1.29 is 18.6 Å². The van der Waals surface area contributed by atoms with E-state index in [2.05, 4.69) is 10.1 Å². The van der Waals surface area contributed by atoms with Crippen molar-refractivity contribution in [3.8, 4) is 28.7 Å². The average molecular weight is 353 g/mol. The van der Waals surface area contributed by atoms with Gasteiger partial charge in [-0.3, -0.25) is 0 Å². The number of benzene rings is 2. The van der Waals surface area contributed by atoms with Crippen LogP contribution >= 0.6 is 0 Å². The van der Waals surface area contributed by atoms with E-state index in [4.69, 9.17) is 24.5 Å². The second-order valence-corrected chi connectivity index (χ2v) is 5.30. The van der Waals surface area contributed by atoms with Crippen LogP contribution in [-0.4, -0.2) is 32.0 Å². The Morgan fingerprint density at radius 1 is 1.00 bits per heavy atom. The summed E-state index contributed by atoms with van der Waals surface area (Å²) in [6.45, 7) is 0. The van der Waals surface area contributed by atoms with Gasteiger partial charge in [-0.05, 0) is 24.3 Å². The highest BCUT2D eigenvalue weighted by atomic mass is 16.5. The molecule has 0 bridgehead atoms. The molecule has 7 nitrogen and oxygen atoms in total. The topological polar surface area (TPSA) is 92.1 Å². The van der Waals surface area contributed by atoms with Crippen LogP contribution in [0.5, 0.6) is 17.2 Å². The maximum Gasteiger partial charge on any atom is 0.226 e. The first-order valence-electron chi connectivity index (χ1n) is 7.81. The molecule has 3 aromatic rings. The third-order valence-corrected chi connectivity index (χ3v) is 3.83. The van der Waals surface area contributed by atoms with Crippen molar-refractivity contribution in [1.82, 2.24) is 4.98 Å². The minimum Gasteiger partial charge on any atom is -0.493 e. The number of hydrogen-bond acceptors (Lipinski definition) is 7. The van der Waals surface area contributed by atoms with Crippen molar-refractivity contribution in [3.63, 3.8) is 0 Å². The number of hydrazone groups is 1. The van der Waals surface area contributed by atoms with Crippen LogP contribution in [0.4, 0.5) is 0 Å². The molecule has 0 saturated carbocycles. The first kappa shape index (κ1) is 17.3. The Balaban J connectivity index is 2.04. The molecule has 0 aliphatic carbocycles. The minimum atomic E-state index is 0.440. The van der Waals surface area contributed by atoms with Gasteiger partial charge in [0.25, 0.3) is 0 Å². The maximum absolute atomic E-state index is 5.63. The highest BCUT2D eigenvalue weighted by Crippen LogP contribution is 2.38. The van der Waals surface area contributed by atoms with Crippen LogP contribution in [0, 0.1) is 0 Å². The predicted octanol–water partition coefficient (Wildman–Crippen LogP) is 3.08. The third kappa shape index (κ3) is 3.19. The normalized spacial score (nSPS) is 11.3. The summed E-state index contributed by atoms with van der Waals surface area (Å²) in [7, 11) is 4.63. The third-order valence-electron chi connectivity index (χ3n) is 3.83. The highest BCUT2D eigenvalue weighted by molar-refractivity contribution is 6.12. The van der Waals surface area contributed by atoms with Crippen molar-refractivity contribution in [3.05, 3.63) is 60.0 Å². The van der Waals surface area contributed by atoms with Crippen LogP contribution in [-0.2, 0) is 0 Å². The molecule has 0 fully saturated rings. The second-order valence-electron chi connectivity index (χ2n) is 5.30. The molecule has 0 unspecified atom stereocenters. The van der Waals surface area contributed by atoms with Crippen LogP contribution < -0.4 is 20.1 Å². The molecule has 0 spiro atoms. The standard InChI is InChI=1S/C19H19N3O4/c1-23-15-9-13(10-16(24-2)18(15)25-3)17(22-20)14-11-26-19(21-14)12-7-5-4-6-8-12/h4-11H,20H2,1-3H3/b22-17+. The van der Waals surface area contributed by atoms with Gasteiger partial charge in [0.15, 0.2) is 11.5 Å². The summed E-state index contributed by atoms with van der Waals surface area (Å²) in [5.74, 6) is 7.59. The summed E-state index contributed by atoms with van der Waals surface area (Å²) in [6.07, 6.45) is 1.51. The van der Waals surface area contributed by atoms with Crippen molar-refractivity contribution >= 4 is 5.71 Å². The van der Waals surface area contributed by atoms with E-state index in [0.29, 0.717) is 40.1 Å². The molecule has 0 saturated heterocycles. The SMILES string of the molecule is COc1cc(/C(=N\N)c2coc(-c3ccccc3)n2)cc(OC)c1OC. The lowest BCUT2D eigenvalue weighted by Gasteiger charge is -2.14. The first-order chi connectivity index (χ1) is 12.7. The van der Waals surface area contributed by atoms with Crippen LogP contribution in [0.3, 0.4) is 0 Å². The predicted molar refractivity (Wildman–Crippen MR) is 97.9 cm³/mol. The lowest BCUT2D eigenvalue weighted by molar-refractivity contribution is 0.324. The van der Waals surface area contributed by atoms with Gasteiger partial charge < -0.3 is 24.5 Å². The van der Waals surface area contributed by atoms with E-state index in [-0.39, 0.29) is 0 Å². The summed E-state index contributed by atoms with van der Waals surface area (Å²) in [4.78, 5) is 4.49. The maximum atomic E-state index is 5.63. The molecule has 1 aromatic heterocycles. The molecule has 7 heteroatoms. The molecule has 0 amide bonds. The zero-order valence-electron chi connectivity index (χ0n) is 14.7. The monoisotopic (exact) mass is 353 g/mol. The van der Waals surface area contributed by atoms with Crippen LogP contribution in [0.1, 0.15) is 11.3 Å². The zero-order valence-corrected chi connectivity index (χ0v) is 14.7. The van der Waals surface area contributed by atoms with Crippen molar-refractivity contribution in [2.24, 2.45) is 10.9 Å². The Morgan fingerprint density at radius 3 is 2.19 bits per heavy atom. The molecule has 0 atom stereocenters. The van der Waals surface area contributed by atoms with E-state index in [1.165, 1.54) is 6.26 Å². The molecule has 26 heavy (non-hydrogen) atoms. The largest absolute Gasteiger partial charge is 0.493 e. The molecule has 2 N–H and O–H groups in total. The van der Waals surface area contributed by atoms with Gasteiger partial charge in [-0.2, -0.15) is 5.10 Å². The van der Waals surface area contributed by atoms with Gasteiger partial charge in [0.1, 0.15) is 17.7 Å². The van der Waals surface area contributed by atoms with E-state index in [1.54, 1.807) is 33.5 Å². The quantitative estimate of drug-likeness (QED) is 0.416. The molecule has 3 rings (SSSR count). The molecule has 1 heterocycles. The summed E-state index contributed by atoms with van der Waals surface area (Å²) in [6, 6.07) is 13.1. The summed E-state index contributed by atoms with van der Waals surface area (Å²) in [5, 5.41) is 3.88. The zero-order chi connectivity index (χ0) is 18.5. The minimum absolute atomic E-state index is 0.440. The number of methoxy groups -OCH3 is 3. The van der Waals surface area contributed by atoms with Gasteiger partial charge in [-0.25, -0.2) is 4.98 Å². The molecular formula is C19H19N3O4. The smallest absolute Gasteiger partial charge is 0.226 e. The number of ether oxygens (including phenoxy) is 3. The van der Waals surface area contributed by atoms with Crippen LogP contribution in [0.15, 0.2) is 58.2 Å². The second kappa shape index (κ2) is 7.60. The Morgan fingerprint density at radius 2 is 1.65 bits per heavy atom. The Hall–Kier alpha value is -3.48. The van der Waals surface area contributed by atoms with Gasteiger partial charge >= 0.3 is 0 Å². The summed E-state index contributed by atoms with van der Waals surface area (Å²) >= 11 is 0. The lowest BCUT2D eigenvalue weighted by atomic mass is 10.1. The number of rotatable bonds is 6. The Labute approximate surface area is 151 Å². The fourth-order valence-electron chi connectivity index (χ4n) is 2.60. The van der Waals surface area contributed by atoms with E-state index in [1.807, 2.05) is 30.3 Å². The lowest BCUT2D eigenvalue weighted by Crippen LogP contribution is -2.08. The molecular weight excluding hydrogens is 334 g/mol. The van der Waals surface area contributed by atoms with E-state index in [9.17, 15) is 0 Å². The van der Waals surface area contributed by atoms with Crippen molar-refractivity contribution in [2.75, 3.05) is 21.3 Å². The fraction of sp³-hybridized carbons (Fsp3) is 0.158. The average Bonchev–Trinajstić information content (AvgIpc) is 3.18. The first-order valence-corrected chi connectivity index (χ1v) is 7.81. The van der Waals surface area contributed by atoms with Crippen molar-refractivity contribution in [1.29, 1.82) is 0 Å². The molecule has 0 radical (unpaired) electrons. The summed E-state index contributed by atoms with van der Waals surface area (Å²) < 4.78 is 21.7. The van der Waals surface area contributed by atoms with E-state index >= 15 is 0 Å². The number of nitrogens with zero attached hydrogens (tertiary/aromatic N) is 2. The van der Waals surface area contributed by atoms with E-state index in [0.717, 1.165) is 5.56 Å². The summed E-state index contributed by atoms with van der Waals surface area (Å²) in [5.41, 5.74) is 2.46. The van der Waals surface area contributed by atoms with Crippen molar-refractivity contribution in [2.45, 2.75) is 0 Å². The van der Waals surface area contributed by atoms with Gasteiger partial charge in [0.2, 0.25) is 11.6 Å². The molecule has 134 valence electrons. The van der Waals surface area contributed by atoms with Crippen LogP contribution in [0.2, 0.25) is 0 Å². The van der Waals surface area contributed by atoms with Crippen LogP contribution in [0.25, 0.3) is 11.5 Å². The number of aromatic nitrogens is 1. The number of nitrogens with two attached hydrogens (primary N) is 1. The molecule has 0 aliphatic heterocycles. The Bertz CT molecular complexity index is 895. The highest BCUT2D eigenvalue weighted by Gasteiger charge is 2.19. The van der Waals surface area contributed by atoms with Gasteiger partial charge in [0.05, 0.1) is 21.3 Å². The Kier molecular flexibility index (Phi) is 5.07. The van der Waals surface area contributed by atoms with Gasteiger partial charge in [0, 0.05) is 11.1 Å². The number of hydrogen-bond donors (Lipinski definition) is 1. The van der Waals surface area contributed by atoms with Gasteiger partial charge in [-0.1, -0.05) is 18.2 Å². The fourth-order valence-corrected chi connectivity index (χ4v) is 2.60. The van der Waals surface area contributed by atoms with Gasteiger partial charge in [-0.15, -0.1) is 0 Å². The molecule has 0 aliphatic rings.